The molecule has 0 fully saturated rings. The lowest BCUT2D eigenvalue weighted by atomic mass is 10.1. The first-order valence-electron chi connectivity index (χ1n) is 7.78. The lowest BCUT2D eigenvalue weighted by Crippen LogP contribution is -2.11. The maximum absolute atomic E-state index is 11.6. The van der Waals surface area contributed by atoms with Crippen molar-refractivity contribution in [3.05, 3.63) is 29.8 Å². The summed E-state index contributed by atoms with van der Waals surface area (Å²) < 4.78 is 10.5. The molecule has 1 aromatic carbocycles. The smallest absolute Gasteiger partial charge is 0.338 e. The molecule has 1 rings (SSSR count). The first-order valence-corrected chi connectivity index (χ1v) is 7.78. The van der Waals surface area contributed by atoms with E-state index >= 15 is 0 Å². The minimum atomic E-state index is -0.391. The summed E-state index contributed by atoms with van der Waals surface area (Å²) in [6, 6.07) is 6.00. The molecule has 0 spiro atoms. The lowest BCUT2D eigenvalue weighted by molar-refractivity contribution is 0.0312. The molecule has 0 aliphatic rings. The van der Waals surface area contributed by atoms with E-state index < -0.39 is 5.97 Å². The molecule has 0 saturated heterocycles. The van der Waals surface area contributed by atoms with Crippen molar-refractivity contribution in [2.45, 2.75) is 45.4 Å². The van der Waals surface area contributed by atoms with Crippen LogP contribution in [0.15, 0.2) is 24.3 Å². The molecule has 0 saturated carbocycles. The highest BCUT2D eigenvalue weighted by atomic mass is 16.6. The molecule has 1 N–H and O–H groups in total. The standard InChI is InChI=1S/C17H26O4/c1-2-3-4-5-6-7-12-20-13-14-21-17(19)15-8-10-16(18)11-9-15/h8-11,18H,2-7,12-14H2,1H3. The van der Waals surface area contributed by atoms with Crippen LogP contribution in [0.2, 0.25) is 0 Å². The molecule has 0 unspecified atom stereocenters. The summed E-state index contributed by atoms with van der Waals surface area (Å²) in [5, 5.41) is 9.13. The Morgan fingerprint density at radius 2 is 1.62 bits per heavy atom. The third-order valence-electron chi connectivity index (χ3n) is 3.21. The number of benzene rings is 1. The topological polar surface area (TPSA) is 55.8 Å². The second-order valence-corrected chi connectivity index (χ2v) is 5.06. The van der Waals surface area contributed by atoms with Crippen LogP contribution in [-0.4, -0.2) is 30.9 Å². The van der Waals surface area contributed by atoms with Gasteiger partial charge in [0, 0.05) is 6.61 Å². The third kappa shape index (κ3) is 8.35. The van der Waals surface area contributed by atoms with E-state index in [2.05, 4.69) is 6.92 Å². The fourth-order valence-electron chi connectivity index (χ4n) is 1.96. The molecule has 4 nitrogen and oxygen atoms in total. The number of aromatic hydroxyl groups is 1. The number of ether oxygens (including phenoxy) is 2. The summed E-state index contributed by atoms with van der Waals surface area (Å²) in [6.45, 7) is 3.62. The monoisotopic (exact) mass is 294 g/mol. The van der Waals surface area contributed by atoms with Crippen molar-refractivity contribution in [1.82, 2.24) is 0 Å². The van der Waals surface area contributed by atoms with E-state index in [4.69, 9.17) is 14.6 Å². The van der Waals surface area contributed by atoms with E-state index in [1.807, 2.05) is 0 Å². The third-order valence-corrected chi connectivity index (χ3v) is 3.21. The number of phenols is 1. The lowest BCUT2D eigenvalue weighted by Gasteiger charge is -2.06. The Hall–Kier alpha value is -1.55. The minimum Gasteiger partial charge on any atom is -0.508 e. The van der Waals surface area contributed by atoms with Gasteiger partial charge >= 0.3 is 5.97 Å². The maximum atomic E-state index is 11.6. The summed E-state index contributed by atoms with van der Waals surface area (Å²) >= 11 is 0. The van der Waals surface area contributed by atoms with Gasteiger partial charge in [-0.2, -0.15) is 0 Å². The van der Waals surface area contributed by atoms with Crippen LogP contribution in [0.25, 0.3) is 0 Å². The average Bonchev–Trinajstić information content (AvgIpc) is 2.49. The number of unbranched alkanes of at least 4 members (excludes halogenated alkanes) is 5. The van der Waals surface area contributed by atoms with Gasteiger partial charge in [-0.1, -0.05) is 39.0 Å². The molecule has 4 heteroatoms. The Morgan fingerprint density at radius 1 is 0.952 bits per heavy atom. The zero-order valence-electron chi connectivity index (χ0n) is 12.8. The predicted octanol–water partition coefficient (Wildman–Crippen LogP) is 3.93. The number of phenolic OH excluding ortho intramolecular Hbond substituents is 1. The van der Waals surface area contributed by atoms with Crippen molar-refractivity contribution in [1.29, 1.82) is 0 Å². The number of hydrogen-bond acceptors (Lipinski definition) is 4. The maximum Gasteiger partial charge on any atom is 0.338 e. The first kappa shape index (κ1) is 17.5. The van der Waals surface area contributed by atoms with Crippen LogP contribution >= 0.6 is 0 Å². The highest BCUT2D eigenvalue weighted by Gasteiger charge is 2.06. The molecule has 0 heterocycles. The molecule has 0 bridgehead atoms. The van der Waals surface area contributed by atoms with E-state index in [1.54, 1.807) is 0 Å². The van der Waals surface area contributed by atoms with Gasteiger partial charge in [0.05, 0.1) is 12.2 Å². The molecule has 0 amide bonds. The van der Waals surface area contributed by atoms with Crippen LogP contribution in [0, 0.1) is 0 Å². The van der Waals surface area contributed by atoms with Crippen LogP contribution < -0.4 is 0 Å². The Morgan fingerprint density at radius 3 is 2.33 bits per heavy atom. The average molecular weight is 294 g/mol. The number of hydrogen-bond donors (Lipinski definition) is 1. The quantitative estimate of drug-likeness (QED) is 0.496. The molecule has 0 radical (unpaired) electrons. The fourth-order valence-corrected chi connectivity index (χ4v) is 1.96. The Bertz CT molecular complexity index is 386. The SMILES string of the molecule is CCCCCCCCOCCOC(=O)c1ccc(O)cc1. The van der Waals surface area contributed by atoms with E-state index in [0.29, 0.717) is 12.2 Å². The first-order chi connectivity index (χ1) is 10.2. The largest absolute Gasteiger partial charge is 0.508 e. The fraction of sp³-hybridized carbons (Fsp3) is 0.588. The molecule has 1 aromatic rings. The van der Waals surface area contributed by atoms with Gasteiger partial charge in [-0.25, -0.2) is 4.79 Å². The van der Waals surface area contributed by atoms with Crippen molar-refractivity contribution in [3.8, 4) is 5.75 Å². The minimum absolute atomic E-state index is 0.133. The number of esters is 1. The Labute approximate surface area is 127 Å². The van der Waals surface area contributed by atoms with Gasteiger partial charge in [0.15, 0.2) is 0 Å². The van der Waals surface area contributed by atoms with Crippen LogP contribution in [0.5, 0.6) is 5.75 Å². The van der Waals surface area contributed by atoms with Crippen LogP contribution in [0.4, 0.5) is 0 Å². The van der Waals surface area contributed by atoms with Gasteiger partial charge < -0.3 is 14.6 Å². The van der Waals surface area contributed by atoms with Crippen LogP contribution in [0.1, 0.15) is 55.8 Å². The highest BCUT2D eigenvalue weighted by molar-refractivity contribution is 5.89. The molecule has 118 valence electrons. The van der Waals surface area contributed by atoms with E-state index in [1.165, 1.54) is 56.4 Å². The van der Waals surface area contributed by atoms with Gasteiger partial charge in [-0.15, -0.1) is 0 Å². The second-order valence-electron chi connectivity index (χ2n) is 5.06. The molecular weight excluding hydrogens is 268 g/mol. The van der Waals surface area contributed by atoms with Gasteiger partial charge in [-0.3, -0.25) is 0 Å². The molecule has 0 aliphatic carbocycles. The van der Waals surface area contributed by atoms with Crippen LogP contribution in [-0.2, 0) is 9.47 Å². The van der Waals surface area contributed by atoms with E-state index in [-0.39, 0.29) is 12.4 Å². The highest BCUT2D eigenvalue weighted by Crippen LogP contribution is 2.10. The Balaban J connectivity index is 1.96. The van der Waals surface area contributed by atoms with Crippen LogP contribution in [0.3, 0.4) is 0 Å². The summed E-state index contributed by atoms with van der Waals surface area (Å²) in [6.07, 6.45) is 7.42. The second kappa shape index (κ2) is 11.1. The van der Waals surface area contributed by atoms with Gasteiger partial charge in [0.1, 0.15) is 12.4 Å². The summed E-state index contributed by atoms with van der Waals surface area (Å²) in [4.78, 5) is 11.6. The molecule has 0 aliphatic heterocycles. The summed E-state index contributed by atoms with van der Waals surface area (Å²) in [7, 11) is 0. The Kier molecular flexibility index (Phi) is 9.29. The normalized spacial score (nSPS) is 10.5. The number of carbonyl (C=O) groups is 1. The van der Waals surface area contributed by atoms with Crippen molar-refractivity contribution < 1.29 is 19.4 Å². The summed E-state index contributed by atoms with van der Waals surface area (Å²) in [5.41, 5.74) is 0.434. The van der Waals surface area contributed by atoms with Gasteiger partial charge in [0.25, 0.3) is 0 Å². The van der Waals surface area contributed by atoms with E-state index in [0.717, 1.165) is 13.0 Å². The number of rotatable bonds is 11. The predicted molar refractivity (Wildman–Crippen MR) is 82.6 cm³/mol. The molecular formula is C17H26O4. The van der Waals surface area contributed by atoms with Crippen molar-refractivity contribution in [2.75, 3.05) is 19.8 Å². The molecule has 0 atom stereocenters. The number of carbonyl (C=O) groups excluding carboxylic acids is 1. The molecule has 21 heavy (non-hydrogen) atoms. The van der Waals surface area contributed by atoms with Gasteiger partial charge in [-0.05, 0) is 30.7 Å². The van der Waals surface area contributed by atoms with Crippen molar-refractivity contribution in [3.63, 3.8) is 0 Å². The summed E-state index contributed by atoms with van der Waals surface area (Å²) in [5.74, 6) is -0.257. The van der Waals surface area contributed by atoms with Crippen molar-refractivity contribution in [2.24, 2.45) is 0 Å². The molecule has 0 aromatic heterocycles. The van der Waals surface area contributed by atoms with Crippen molar-refractivity contribution >= 4 is 5.97 Å². The zero-order valence-corrected chi connectivity index (χ0v) is 12.8. The zero-order chi connectivity index (χ0) is 15.3. The van der Waals surface area contributed by atoms with Gasteiger partial charge in [0.2, 0.25) is 0 Å². The van der Waals surface area contributed by atoms with E-state index in [9.17, 15) is 4.79 Å².